The van der Waals surface area contributed by atoms with E-state index in [1.807, 2.05) is 31.4 Å². The summed E-state index contributed by atoms with van der Waals surface area (Å²) in [6, 6.07) is 7.33. The molecule has 2 amide bonds. The molecule has 0 aliphatic carbocycles. The Hall–Kier alpha value is -1.53. The molecule has 1 fully saturated rings. The third kappa shape index (κ3) is 5.55. The molecule has 1 saturated heterocycles. The Morgan fingerprint density at radius 2 is 2.22 bits per heavy atom. The van der Waals surface area contributed by atoms with E-state index in [1.165, 1.54) is 11.8 Å². The van der Waals surface area contributed by atoms with Gasteiger partial charge in [0.1, 0.15) is 0 Å². The fraction of sp³-hybridized carbons (Fsp3) is 0.529. The first-order chi connectivity index (χ1) is 11.1. The zero-order chi connectivity index (χ0) is 16.7. The smallest absolute Gasteiger partial charge is 0.251 e. The molecule has 2 N–H and O–H groups in total. The molecule has 2 atom stereocenters. The van der Waals surface area contributed by atoms with Gasteiger partial charge >= 0.3 is 0 Å². The van der Waals surface area contributed by atoms with Gasteiger partial charge in [0.25, 0.3) is 5.91 Å². The summed E-state index contributed by atoms with van der Waals surface area (Å²) >= 11 is 1.51. The first-order valence-electron chi connectivity index (χ1n) is 7.89. The molecule has 5 nitrogen and oxygen atoms in total. The topological polar surface area (TPSA) is 67.4 Å². The van der Waals surface area contributed by atoms with Crippen LogP contribution in [0.2, 0.25) is 0 Å². The van der Waals surface area contributed by atoms with E-state index >= 15 is 0 Å². The number of hydrogen-bond acceptors (Lipinski definition) is 4. The van der Waals surface area contributed by atoms with Gasteiger partial charge < -0.3 is 15.4 Å². The SMILES string of the molecule is CS[C@H](C)C(=O)NCc1cccc(C(=O)NC[C@@H]2CCCO2)c1. The van der Waals surface area contributed by atoms with Crippen LogP contribution in [0.3, 0.4) is 0 Å². The van der Waals surface area contributed by atoms with Gasteiger partial charge in [-0.25, -0.2) is 0 Å². The zero-order valence-electron chi connectivity index (χ0n) is 13.6. The van der Waals surface area contributed by atoms with Gasteiger partial charge in [0.15, 0.2) is 0 Å². The van der Waals surface area contributed by atoms with Crippen molar-refractivity contribution in [3.8, 4) is 0 Å². The standard InChI is InChI=1S/C17H24N2O3S/c1-12(23-2)16(20)18-10-13-5-3-6-14(9-13)17(21)19-11-15-7-4-8-22-15/h3,5-6,9,12,15H,4,7-8,10-11H2,1-2H3,(H,18,20)(H,19,21)/t12-,15+/m1/s1. The molecule has 0 saturated carbocycles. The average molecular weight is 336 g/mol. The minimum absolute atomic E-state index is 0.00531. The average Bonchev–Trinajstić information content (AvgIpc) is 3.10. The zero-order valence-corrected chi connectivity index (χ0v) is 14.4. The molecule has 2 rings (SSSR count). The van der Waals surface area contributed by atoms with E-state index in [1.54, 1.807) is 6.07 Å². The fourth-order valence-corrected chi connectivity index (χ4v) is 2.67. The molecule has 23 heavy (non-hydrogen) atoms. The molecule has 1 aliphatic heterocycles. The van der Waals surface area contributed by atoms with E-state index in [2.05, 4.69) is 10.6 Å². The highest BCUT2D eigenvalue weighted by Gasteiger charge is 2.17. The Balaban J connectivity index is 1.85. The molecule has 0 spiro atoms. The summed E-state index contributed by atoms with van der Waals surface area (Å²) in [6.45, 7) is 3.63. The minimum Gasteiger partial charge on any atom is -0.376 e. The number of carbonyl (C=O) groups excluding carboxylic acids is 2. The van der Waals surface area contributed by atoms with E-state index in [0.29, 0.717) is 18.7 Å². The van der Waals surface area contributed by atoms with Crippen LogP contribution >= 0.6 is 11.8 Å². The second-order valence-electron chi connectivity index (χ2n) is 5.64. The summed E-state index contributed by atoms with van der Waals surface area (Å²) in [5.41, 5.74) is 1.52. The number of nitrogens with one attached hydrogen (secondary N) is 2. The Morgan fingerprint density at radius 3 is 2.91 bits per heavy atom. The fourth-order valence-electron chi connectivity index (χ4n) is 2.38. The van der Waals surface area contributed by atoms with Crippen LogP contribution in [0.5, 0.6) is 0 Å². The van der Waals surface area contributed by atoms with Gasteiger partial charge in [0.05, 0.1) is 11.4 Å². The van der Waals surface area contributed by atoms with Crippen molar-refractivity contribution >= 4 is 23.6 Å². The number of amides is 2. The van der Waals surface area contributed by atoms with Gasteiger partial charge in [0.2, 0.25) is 5.91 Å². The first kappa shape index (κ1) is 17.8. The van der Waals surface area contributed by atoms with Crippen molar-refractivity contribution in [2.45, 2.75) is 37.7 Å². The van der Waals surface area contributed by atoms with Crippen LogP contribution in [0, 0.1) is 0 Å². The largest absolute Gasteiger partial charge is 0.376 e. The molecule has 0 aromatic heterocycles. The van der Waals surface area contributed by atoms with Gasteiger partial charge in [0, 0.05) is 25.3 Å². The maximum absolute atomic E-state index is 12.2. The lowest BCUT2D eigenvalue weighted by atomic mass is 10.1. The maximum Gasteiger partial charge on any atom is 0.251 e. The lowest BCUT2D eigenvalue weighted by molar-refractivity contribution is -0.120. The highest BCUT2D eigenvalue weighted by atomic mass is 32.2. The number of hydrogen-bond donors (Lipinski definition) is 2. The predicted octanol–water partition coefficient (Wildman–Crippen LogP) is 1.96. The summed E-state index contributed by atoms with van der Waals surface area (Å²) in [7, 11) is 0. The van der Waals surface area contributed by atoms with Gasteiger partial charge in [-0.3, -0.25) is 9.59 Å². The molecule has 1 aliphatic rings. The molecule has 1 aromatic carbocycles. The van der Waals surface area contributed by atoms with E-state index in [9.17, 15) is 9.59 Å². The number of rotatable bonds is 7. The van der Waals surface area contributed by atoms with E-state index in [-0.39, 0.29) is 23.2 Å². The lowest BCUT2D eigenvalue weighted by Crippen LogP contribution is -2.32. The van der Waals surface area contributed by atoms with Crippen LogP contribution in [-0.2, 0) is 16.1 Å². The molecular weight excluding hydrogens is 312 g/mol. The summed E-state index contributed by atoms with van der Waals surface area (Å²) in [5, 5.41) is 5.71. The van der Waals surface area contributed by atoms with E-state index in [4.69, 9.17) is 4.74 Å². The first-order valence-corrected chi connectivity index (χ1v) is 9.18. The van der Waals surface area contributed by atoms with E-state index < -0.39 is 0 Å². The van der Waals surface area contributed by atoms with Crippen molar-refractivity contribution in [2.75, 3.05) is 19.4 Å². The highest BCUT2D eigenvalue weighted by Crippen LogP contribution is 2.11. The van der Waals surface area contributed by atoms with Crippen LogP contribution in [0.1, 0.15) is 35.7 Å². The summed E-state index contributed by atoms with van der Waals surface area (Å²) in [5.74, 6) is -0.100. The van der Waals surface area contributed by atoms with Crippen molar-refractivity contribution in [2.24, 2.45) is 0 Å². The number of benzene rings is 1. The number of ether oxygens (including phenoxy) is 1. The van der Waals surface area contributed by atoms with Crippen LogP contribution in [-0.4, -0.2) is 42.6 Å². The van der Waals surface area contributed by atoms with Gasteiger partial charge in [-0.15, -0.1) is 0 Å². The Morgan fingerprint density at radius 1 is 1.39 bits per heavy atom. The molecule has 1 heterocycles. The van der Waals surface area contributed by atoms with Crippen LogP contribution < -0.4 is 10.6 Å². The second-order valence-corrected chi connectivity index (χ2v) is 6.82. The van der Waals surface area contributed by atoms with Crippen molar-refractivity contribution in [1.29, 1.82) is 0 Å². The van der Waals surface area contributed by atoms with Crippen molar-refractivity contribution in [3.63, 3.8) is 0 Å². The Labute approximate surface area is 141 Å². The minimum atomic E-state index is -0.105. The normalized spacial score (nSPS) is 18.4. The number of thioether (sulfide) groups is 1. The summed E-state index contributed by atoms with van der Waals surface area (Å²) in [4.78, 5) is 24.0. The third-order valence-corrected chi connectivity index (χ3v) is 4.81. The Kier molecular flexibility index (Phi) is 6.92. The lowest BCUT2D eigenvalue weighted by Gasteiger charge is -2.12. The molecule has 0 bridgehead atoms. The molecule has 0 radical (unpaired) electrons. The molecular formula is C17H24N2O3S. The summed E-state index contributed by atoms with van der Waals surface area (Å²) in [6.07, 6.45) is 4.10. The number of carbonyl (C=O) groups is 2. The highest BCUT2D eigenvalue weighted by molar-refractivity contribution is 7.99. The second kappa shape index (κ2) is 8.93. The monoisotopic (exact) mass is 336 g/mol. The third-order valence-electron chi connectivity index (χ3n) is 3.89. The molecule has 126 valence electrons. The quantitative estimate of drug-likeness (QED) is 0.799. The molecule has 6 heteroatoms. The van der Waals surface area contributed by atoms with E-state index in [0.717, 1.165) is 25.0 Å². The Bertz CT molecular complexity index is 544. The van der Waals surface area contributed by atoms with Gasteiger partial charge in [-0.1, -0.05) is 12.1 Å². The van der Waals surface area contributed by atoms with Crippen molar-refractivity contribution < 1.29 is 14.3 Å². The summed E-state index contributed by atoms with van der Waals surface area (Å²) < 4.78 is 5.50. The van der Waals surface area contributed by atoms with Crippen LogP contribution in [0.4, 0.5) is 0 Å². The predicted molar refractivity (Wildman–Crippen MR) is 92.6 cm³/mol. The van der Waals surface area contributed by atoms with Crippen LogP contribution in [0.15, 0.2) is 24.3 Å². The van der Waals surface area contributed by atoms with Crippen LogP contribution in [0.25, 0.3) is 0 Å². The maximum atomic E-state index is 12.2. The van der Waals surface area contributed by atoms with Crippen molar-refractivity contribution in [3.05, 3.63) is 35.4 Å². The van der Waals surface area contributed by atoms with Crippen molar-refractivity contribution in [1.82, 2.24) is 10.6 Å². The van der Waals surface area contributed by atoms with Gasteiger partial charge in [-0.2, -0.15) is 11.8 Å². The van der Waals surface area contributed by atoms with Gasteiger partial charge in [-0.05, 0) is 43.7 Å². The molecule has 1 aromatic rings. The molecule has 0 unspecified atom stereocenters.